The minimum Gasteiger partial charge on any atom is -0.445 e. The molecule has 2 atom stereocenters. The molecule has 2 nitrogen and oxygen atoms in total. The van der Waals surface area contributed by atoms with E-state index in [0.717, 1.165) is 29.9 Å². The van der Waals surface area contributed by atoms with E-state index in [1.165, 1.54) is 38.5 Å². The first-order valence-corrected chi connectivity index (χ1v) is 8.15. The molecule has 4 saturated carbocycles. The molecule has 3 heteroatoms. The van der Waals surface area contributed by atoms with E-state index < -0.39 is 0 Å². The highest BCUT2D eigenvalue weighted by Gasteiger charge is 2.57. The van der Waals surface area contributed by atoms with Crippen molar-refractivity contribution in [3.63, 3.8) is 0 Å². The molecule has 1 aromatic rings. The molecule has 4 fully saturated rings. The first kappa shape index (κ1) is 12.3. The van der Waals surface area contributed by atoms with E-state index in [2.05, 4.69) is 11.9 Å². The number of oxazole rings is 1. The van der Waals surface area contributed by atoms with Gasteiger partial charge in [0.2, 0.25) is 0 Å². The maximum absolute atomic E-state index is 6.06. The summed E-state index contributed by atoms with van der Waals surface area (Å²) in [5, 5.41) is 0. The van der Waals surface area contributed by atoms with Crippen molar-refractivity contribution in [1.29, 1.82) is 0 Å². The number of hydrogen-bond donors (Lipinski definition) is 0. The van der Waals surface area contributed by atoms with Crippen LogP contribution in [0.1, 0.15) is 57.1 Å². The Kier molecular flexibility index (Phi) is 2.58. The molecule has 0 saturated heterocycles. The Balaban J connectivity index is 1.69. The predicted octanol–water partition coefficient (Wildman–Crippen LogP) is 4.31. The fourth-order valence-electron chi connectivity index (χ4n) is 5.76. The van der Waals surface area contributed by atoms with E-state index in [1.807, 2.05) is 6.20 Å². The summed E-state index contributed by atoms with van der Waals surface area (Å²) >= 11 is 5.79. The molecule has 0 spiro atoms. The minimum absolute atomic E-state index is 0.302. The number of alkyl halides is 1. The van der Waals surface area contributed by atoms with Crippen LogP contribution < -0.4 is 0 Å². The lowest BCUT2D eigenvalue weighted by Crippen LogP contribution is -2.52. The van der Waals surface area contributed by atoms with Crippen LogP contribution in [0.3, 0.4) is 0 Å². The molecule has 4 bridgehead atoms. The lowest BCUT2D eigenvalue weighted by Gasteiger charge is -2.60. The van der Waals surface area contributed by atoms with Gasteiger partial charge in [-0.3, -0.25) is 0 Å². The van der Waals surface area contributed by atoms with E-state index in [0.29, 0.717) is 16.7 Å². The van der Waals surface area contributed by atoms with Crippen LogP contribution in [-0.2, 0) is 11.8 Å². The van der Waals surface area contributed by atoms with Gasteiger partial charge in [0.15, 0.2) is 5.89 Å². The smallest absolute Gasteiger partial charge is 0.195 e. The van der Waals surface area contributed by atoms with E-state index in [9.17, 15) is 0 Å². The van der Waals surface area contributed by atoms with Gasteiger partial charge in [-0.2, -0.15) is 0 Å². The maximum Gasteiger partial charge on any atom is 0.195 e. The zero-order valence-electron chi connectivity index (χ0n) is 11.6. The van der Waals surface area contributed by atoms with E-state index in [1.54, 1.807) is 0 Å². The number of rotatable bonds is 3. The lowest BCUT2D eigenvalue weighted by atomic mass is 9.44. The minimum atomic E-state index is 0.302. The van der Waals surface area contributed by atoms with E-state index in [-0.39, 0.29) is 0 Å². The number of aryl methyl sites for hydroxylation is 1. The number of hydrogen-bond acceptors (Lipinski definition) is 2. The Morgan fingerprint density at radius 2 is 2.05 bits per heavy atom. The van der Waals surface area contributed by atoms with Gasteiger partial charge < -0.3 is 4.42 Å². The molecule has 0 N–H and O–H groups in total. The van der Waals surface area contributed by atoms with Gasteiger partial charge in [-0.05, 0) is 55.8 Å². The molecule has 0 amide bonds. The average Bonchev–Trinajstić information content (AvgIpc) is 2.75. The highest BCUT2D eigenvalue weighted by molar-refractivity contribution is 6.17. The lowest BCUT2D eigenvalue weighted by molar-refractivity contribution is -0.0692. The summed E-state index contributed by atoms with van der Waals surface area (Å²) in [7, 11) is 0. The molecular weight excluding hydrogens is 258 g/mol. The second-order valence-electron chi connectivity index (χ2n) is 7.61. The third-order valence-electron chi connectivity index (χ3n) is 5.74. The van der Waals surface area contributed by atoms with E-state index in [4.69, 9.17) is 16.0 Å². The predicted molar refractivity (Wildman–Crippen MR) is 75.4 cm³/mol. The fourth-order valence-corrected chi connectivity index (χ4v) is 5.92. The third-order valence-corrected chi connectivity index (χ3v) is 5.93. The largest absolute Gasteiger partial charge is 0.445 e. The summed E-state index contributed by atoms with van der Waals surface area (Å²) in [6.45, 7) is 2.50. The molecule has 0 aromatic carbocycles. The van der Waals surface area contributed by atoms with Gasteiger partial charge in [0.05, 0.1) is 6.20 Å². The Morgan fingerprint density at radius 1 is 1.32 bits per heavy atom. The normalized spacial score (nSPS) is 43.9. The Hall–Kier alpha value is -0.500. The van der Waals surface area contributed by atoms with Crippen molar-refractivity contribution in [3.05, 3.63) is 17.8 Å². The summed E-state index contributed by atoms with van der Waals surface area (Å²) in [4.78, 5) is 4.43. The summed E-state index contributed by atoms with van der Waals surface area (Å²) in [6, 6.07) is 0. The van der Waals surface area contributed by atoms with Crippen LogP contribution in [0.15, 0.2) is 10.6 Å². The first-order valence-electron chi connectivity index (χ1n) is 7.62. The highest BCUT2D eigenvalue weighted by atomic mass is 35.5. The van der Waals surface area contributed by atoms with Crippen molar-refractivity contribution in [1.82, 2.24) is 4.98 Å². The van der Waals surface area contributed by atoms with Gasteiger partial charge in [-0.25, -0.2) is 4.98 Å². The number of aromatic nitrogens is 1. The average molecular weight is 280 g/mol. The molecule has 4 aliphatic rings. The monoisotopic (exact) mass is 279 g/mol. The summed E-state index contributed by atoms with van der Waals surface area (Å²) in [5.41, 5.74) is 0.861. The second kappa shape index (κ2) is 4.00. The molecule has 0 radical (unpaired) electrons. The van der Waals surface area contributed by atoms with Crippen LogP contribution in [0.2, 0.25) is 0 Å². The summed E-state index contributed by atoms with van der Waals surface area (Å²) in [5.74, 6) is 4.43. The molecular formula is C16H22ClNO. The van der Waals surface area contributed by atoms with Crippen molar-refractivity contribution in [3.8, 4) is 0 Å². The first-order chi connectivity index (χ1) is 9.11. The van der Waals surface area contributed by atoms with Gasteiger partial charge in [0.1, 0.15) is 5.76 Å². The van der Waals surface area contributed by atoms with Gasteiger partial charge in [0.25, 0.3) is 0 Å². The van der Waals surface area contributed by atoms with Crippen LogP contribution in [-0.4, -0.2) is 10.9 Å². The maximum atomic E-state index is 6.06. The molecule has 1 heterocycles. The van der Waals surface area contributed by atoms with Crippen LogP contribution >= 0.6 is 11.6 Å². The quantitative estimate of drug-likeness (QED) is 0.771. The van der Waals surface area contributed by atoms with Crippen LogP contribution in [0, 0.1) is 17.3 Å². The van der Waals surface area contributed by atoms with Crippen molar-refractivity contribution in [2.24, 2.45) is 17.3 Å². The van der Waals surface area contributed by atoms with Crippen LogP contribution in [0.4, 0.5) is 0 Å². The molecule has 1 aromatic heterocycles. The van der Waals surface area contributed by atoms with Crippen LogP contribution in [0.5, 0.6) is 0 Å². The van der Waals surface area contributed by atoms with Crippen molar-refractivity contribution in [2.45, 2.75) is 57.3 Å². The summed E-state index contributed by atoms with van der Waals surface area (Å²) in [6.07, 6.45) is 11.0. The highest BCUT2D eigenvalue weighted by Crippen LogP contribution is 2.65. The van der Waals surface area contributed by atoms with E-state index >= 15 is 0 Å². The molecule has 0 aliphatic heterocycles. The molecule has 104 valence electrons. The van der Waals surface area contributed by atoms with Gasteiger partial charge in [-0.15, -0.1) is 11.6 Å². The van der Waals surface area contributed by atoms with Crippen LogP contribution in [0.25, 0.3) is 0 Å². The second-order valence-corrected chi connectivity index (χ2v) is 7.99. The van der Waals surface area contributed by atoms with Gasteiger partial charge in [-0.1, -0.05) is 6.92 Å². The standard InChI is InChI=1S/C16H22ClNO/c1-15-5-11-4-12(6-15)8-16(7-11,10-15)13-9-18-14(19-13)2-3-17/h9,11-12H,2-8,10H2,1H3. The third kappa shape index (κ3) is 1.86. The zero-order valence-corrected chi connectivity index (χ0v) is 12.4. The Bertz CT molecular complexity index is 481. The molecule has 4 aliphatic carbocycles. The Morgan fingerprint density at radius 3 is 2.68 bits per heavy atom. The van der Waals surface area contributed by atoms with Crippen molar-refractivity contribution in [2.75, 3.05) is 5.88 Å². The van der Waals surface area contributed by atoms with Crippen molar-refractivity contribution < 1.29 is 4.42 Å². The van der Waals surface area contributed by atoms with Gasteiger partial charge in [0, 0.05) is 17.7 Å². The molecule has 19 heavy (non-hydrogen) atoms. The number of halogens is 1. The Labute approximate surface area is 119 Å². The molecule has 5 rings (SSSR count). The molecule has 2 unspecified atom stereocenters. The topological polar surface area (TPSA) is 26.0 Å². The van der Waals surface area contributed by atoms with Gasteiger partial charge >= 0.3 is 0 Å². The zero-order chi connectivity index (χ0) is 13.1. The SMILES string of the molecule is CC12CC3CC(C1)CC(c1cnc(CCCl)o1)(C3)C2. The number of nitrogens with zero attached hydrogens (tertiary/aromatic N) is 1. The summed E-state index contributed by atoms with van der Waals surface area (Å²) < 4.78 is 6.06. The van der Waals surface area contributed by atoms with Crippen molar-refractivity contribution >= 4 is 11.6 Å². The fraction of sp³-hybridized carbons (Fsp3) is 0.812.